The van der Waals surface area contributed by atoms with Crippen molar-refractivity contribution in [2.24, 2.45) is 0 Å². The Morgan fingerprint density at radius 1 is 1.21 bits per heavy atom. The van der Waals surface area contributed by atoms with Crippen LogP contribution in [-0.2, 0) is 0 Å². The predicted molar refractivity (Wildman–Crippen MR) is 138 cm³/mol. The van der Waals surface area contributed by atoms with Gasteiger partial charge in [0.2, 0.25) is 0 Å². The number of benzene rings is 2. The molecular formula is C22H11ClF2N2O2S4. The molecule has 4 nitrogen and oxygen atoms in total. The first-order chi connectivity index (χ1) is 16.0. The molecule has 11 heteroatoms. The van der Waals surface area contributed by atoms with Crippen LogP contribution in [0, 0.1) is 5.82 Å². The maximum atomic E-state index is 15.8. The Balaban J connectivity index is 1.84. The number of phenolic OH excluding ortho intramolecular Hbond substituents is 1. The Morgan fingerprint density at radius 2 is 2.00 bits per heavy atom. The van der Waals surface area contributed by atoms with Gasteiger partial charge in [0.15, 0.2) is 11.6 Å². The number of phenols is 1. The molecular weight excluding hydrogens is 526 g/mol. The molecule has 0 aliphatic rings. The SMILES string of the molecule is C=C/C=C(\SC=C)c1c(Cl)c(F)c(-c2cc3c(O)c4sccc4c(OF)c3s2)c2nsnc12. The predicted octanol–water partition coefficient (Wildman–Crippen LogP) is 8.95. The van der Waals surface area contributed by atoms with E-state index in [1.54, 1.807) is 35.1 Å². The molecule has 0 fully saturated rings. The van der Waals surface area contributed by atoms with Crippen molar-refractivity contribution >= 4 is 93.9 Å². The third-order valence-corrected chi connectivity index (χ3v) is 8.68. The van der Waals surface area contributed by atoms with Crippen LogP contribution in [0.4, 0.5) is 8.92 Å². The standard InChI is InChI=1S/C22H11ClF2N2O2S4/c1-3-5-11(30-4-2)13-15(23)16(24)14(18-17(13)26-33-27-18)12-8-10-19(28)21-9(6-7-31-21)20(29-25)22(10)32-12/h3-8,28H,1-2H2/b11-5-. The van der Waals surface area contributed by atoms with Crippen LogP contribution in [0.2, 0.25) is 5.02 Å². The summed E-state index contributed by atoms with van der Waals surface area (Å²) < 4.78 is 38.8. The molecule has 0 unspecified atom stereocenters. The van der Waals surface area contributed by atoms with E-state index in [2.05, 4.69) is 26.8 Å². The second kappa shape index (κ2) is 8.69. The summed E-state index contributed by atoms with van der Waals surface area (Å²) in [6.07, 6.45) is 3.26. The number of aromatic hydroxyl groups is 1. The van der Waals surface area contributed by atoms with Crippen LogP contribution in [0.15, 0.2) is 48.2 Å². The number of halogens is 3. The summed E-state index contributed by atoms with van der Waals surface area (Å²) in [5, 5.41) is 14.8. The summed E-state index contributed by atoms with van der Waals surface area (Å²) in [6.45, 7) is 7.42. The fraction of sp³-hybridized carbons (Fsp3) is 0. The molecule has 0 saturated heterocycles. The number of hydrogen-bond donors (Lipinski definition) is 1. The second-order valence-electron chi connectivity index (χ2n) is 6.66. The van der Waals surface area contributed by atoms with Crippen molar-refractivity contribution in [2.45, 2.75) is 0 Å². The summed E-state index contributed by atoms with van der Waals surface area (Å²) in [6, 6.07) is 3.25. The smallest absolute Gasteiger partial charge is 0.198 e. The number of thioether (sulfide) groups is 1. The van der Waals surface area contributed by atoms with Crippen molar-refractivity contribution in [2.75, 3.05) is 0 Å². The lowest BCUT2D eigenvalue weighted by Crippen LogP contribution is -1.94. The Morgan fingerprint density at radius 3 is 2.73 bits per heavy atom. The van der Waals surface area contributed by atoms with Crippen molar-refractivity contribution in [3.63, 3.8) is 0 Å². The van der Waals surface area contributed by atoms with Gasteiger partial charge >= 0.3 is 0 Å². The fourth-order valence-electron chi connectivity index (χ4n) is 3.62. The van der Waals surface area contributed by atoms with E-state index in [1.165, 1.54) is 23.1 Å². The Bertz CT molecular complexity index is 1620. The highest BCUT2D eigenvalue weighted by molar-refractivity contribution is 8.10. The number of thiophene rings is 2. The number of rotatable bonds is 6. The largest absolute Gasteiger partial charge is 0.506 e. The molecule has 5 aromatic rings. The van der Waals surface area contributed by atoms with Crippen LogP contribution in [0.25, 0.3) is 46.6 Å². The van der Waals surface area contributed by atoms with E-state index in [4.69, 9.17) is 11.6 Å². The quantitative estimate of drug-likeness (QED) is 0.219. The lowest BCUT2D eigenvalue weighted by molar-refractivity contribution is -0.00212. The normalized spacial score (nSPS) is 12.2. The Labute approximate surface area is 207 Å². The van der Waals surface area contributed by atoms with Crippen LogP contribution < -0.4 is 4.94 Å². The van der Waals surface area contributed by atoms with Crippen LogP contribution >= 0.6 is 57.8 Å². The van der Waals surface area contributed by atoms with Gasteiger partial charge < -0.3 is 5.11 Å². The summed E-state index contributed by atoms with van der Waals surface area (Å²) in [4.78, 5) is 5.19. The van der Waals surface area contributed by atoms with Gasteiger partial charge in [0.25, 0.3) is 0 Å². The average molecular weight is 537 g/mol. The molecule has 0 aliphatic carbocycles. The van der Waals surface area contributed by atoms with Crippen molar-refractivity contribution in [3.8, 4) is 21.9 Å². The highest BCUT2D eigenvalue weighted by Crippen LogP contribution is 2.52. The maximum absolute atomic E-state index is 15.8. The molecule has 5 rings (SSSR count). The summed E-state index contributed by atoms with van der Waals surface area (Å²) in [5.74, 6) is -0.737. The first-order valence-electron chi connectivity index (χ1n) is 9.20. The zero-order valence-corrected chi connectivity index (χ0v) is 20.4. The van der Waals surface area contributed by atoms with Gasteiger partial charge in [-0.2, -0.15) is 8.75 Å². The van der Waals surface area contributed by atoms with E-state index in [0.717, 1.165) is 23.1 Å². The lowest BCUT2D eigenvalue weighted by Gasteiger charge is -2.11. The van der Waals surface area contributed by atoms with E-state index in [-0.39, 0.29) is 22.1 Å². The monoisotopic (exact) mass is 536 g/mol. The molecule has 166 valence electrons. The number of hydrogen-bond acceptors (Lipinski definition) is 8. The maximum Gasteiger partial charge on any atom is 0.198 e. The molecule has 0 aliphatic heterocycles. The molecule has 0 atom stereocenters. The average Bonchev–Trinajstić information content (AvgIpc) is 3.55. The molecule has 2 aromatic carbocycles. The molecule has 0 spiro atoms. The molecule has 33 heavy (non-hydrogen) atoms. The van der Waals surface area contributed by atoms with Gasteiger partial charge in [0.05, 0.1) is 31.7 Å². The van der Waals surface area contributed by atoms with Crippen LogP contribution in [0.3, 0.4) is 0 Å². The lowest BCUT2D eigenvalue weighted by atomic mass is 10.0. The summed E-state index contributed by atoms with van der Waals surface area (Å²) in [7, 11) is 0. The minimum atomic E-state index is -0.693. The molecule has 0 radical (unpaired) electrons. The number of fused-ring (bicyclic) bond motifs is 3. The summed E-state index contributed by atoms with van der Waals surface area (Å²) >= 11 is 11.0. The van der Waals surface area contributed by atoms with E-state index in [9.17, 15) is 9.63 Å². The van der Waals surface area contributed by atoms with Crippen LogP contribution in [0.1, 0.15) is 5.56 Å². The highest BCUT2D eigenvalue weighted by Gasteiger charge is 2.27. The molecule has 3 aromatic heterocycles. The van der Waals surface area contributed by atoms with Crippen molar-refractivity contribution < 1.29 is 19.0 Å². The highest BCUT2D eigenvalue weighted by atomic mass is 35.5. The van der Waals surface area contributed by atoms with Gasteiger partial charge in [-0.05, 0) is 29.0 Å². The Kier molecular flexibility index (Phi) is 5.87. The Hall–Kier alpha value is -2.50. The van der Waals surface area contributed by atoms with E-state index < -0.39 is 5.82 Å². The molecule has 1 N–H and O–H groups in total. The minimum Gasteiger partial charge on any atom is -0.506 e. The number of allylic oxidation sites excluding steroid dienone is 2. The number of aromatic nitrogens is 2. The minimum absolute atomic E-state index is 0.0207. The van der Waals surface area contributed by atoms with E-state index >= 15 is 4.39 Å². The second-order valence-corrected chi connectivity index (χ2v) is 10.5. The summed E-state index contributed by atoms with van der Waals surface area (Å²) in [5.41, 5.74) is 1.26. The molecule has 3 heterocycles. The number of nitrogens with zero attached hydrogens (tertiary/aromatic N) is 2. The molecule has 0 saturated carbocycles. The van der Waals surface area contributed by atoms with Crippen LogP contribution in [-0.4, -0.2) is 13.9 Å². The topological polar surface area (TPSA) is 55.2 Å². The molecule has 0 bridgehead atoms. The zero-order chi connectivity index (χ0) is 23.3. The van der Waals surface area contributed by atoms with Gasteiger partial charge in [-0.25, -0.2) is 4.39 Å². The van der Waals surface area contributed by atoms with Gasteiger partial charge in [-0.15, -0.1) is 22.7 Å². The van der Waals surface area contributed by atoms with Crippen molar-refractivity contribution in [3.05, 3.63) is 64.6 Å². The van der Waals surface area contributed by atoms with Gasteiger partial charge in [0, 0.05) is 30.6 Å². The van der Waals surface area contributed by atoms with Crippen molar-refractivity contribution in [1.29, 1.82) is 0 Å². The van der Waals surface area contributed by atoms with Crippen molar-refractivity contribution in [1.82, 2.24) is 8.75 Å². The third kappa shape index (κ3) is 3.36. The van der Waals surface area contributed by atoms with E-state index in [0.29, 0.717) is 46.6 Å². The third-order valence-electron chi connectivity index (χ3n) is 4.96. The molecule has 0 amide bonds. The first-order valence-corrected chi connectivity index (χ1v) is 12.9. The van der Waals surface area contributed by atoms with Gasteiger partial charge in [-0.3, -0.25) is 4.94 Å². The van der Waals surface area contributed by atoms with Crippen LogP contribution in [0.5, 0.6) is 11.5 Å². The van der Waals surface area contributed by atoms with Gasteiger partial charge in [-0.1, -0.05) is 42.6 Å². The fourth-order valence-corrected chi connectivity index (χ4v) is 7.23. The first kappa shape index (κ1) is 22.3. The van der Waals surface area contributed by atoms with Gasteiger partial charge in [0.1, 0.15) is 16.8 Å². The van der Waals surface area contributed by atoms with E-state index in [1.807, 2.05) is 0 Å². The zero-order valence-electron chi connectivity index (χ0n) is 16.4.